The molecule has 0 heterocycles. The molecule has 4 heteroatoms. The third-order valence-corrected chi connectivity index (χ3v) is 3.28. The molecule has 0 aliphatic rings. The van der Waals surface area contributed by atoms with Crippen LogP contribution >= 0.6 is 0 Å². The Morgan fingerprint density at radius 1 is 1.10 bits per heavy atom. The Balaban J connectivity index is 1.87. The molecule has 0 saturated heterocycles. The van der Waals surface area contributed by atoms with Gasteiger partial charge in [-0.05, 0) is 24.3 Å². The van der Waals surface area contributed by atoms with Crippen LogP contribution in [0.25, 0.3) is 0 Å². The molecule has 110 valence electrons. The van der Waals surface area contributed by atoms with Gasteiger partial charge < -0.3 is 15.0 Å². The van der Waals surface area contributed by atoms with Crippen LogP contribution in [0.2, 0.25) is 0 Å². The van der Waals surface area contributed by atoms with Crippen molar-refractivity contribution in [2.75, 3.05) is 32.1 Å². The minimum absolute atomic E-state index is 0.117. The number of carbonyl (C=O) groups is 1. The molecule has 0 aromatic heterocycles. The fraction of sp³-hybridized carbons (Fsp3) is 0.235. The standard InChI is InChI=1S/C17H20N2O2/c1-19(14-8-4-3-5-9-14)13-12-18-17(20)15-10-6-7-11-16(15)21-2/h3-11H,12-13H2,1-2H3,(H,18,20). The van der Waals surface area contributed by atoms with Gasteiger partial charge in [0.1, 0.15) is 5.75 Å². The van der Waals surface area contributed by atoms with E-state index in [-0.39, 0.29) is 5.91 Å². The summed E-state index contributed by atoms with van der Waals surface area (Å²) in [5.74, 6) is 0.473. The van der Waals surface area contributed by atoms with Crippen molar-refractivity contribution in [3.8, 4) is 5.75 Å². The molecule has 2 aromatic carbocycles. The predicted octanol–water partition coefficient (Wildman–Crippen LogP) is 2.56. The number of ether oxygens (including phenoxy) is 1. The molecule has 2 aromatic rings. The van der Waals surface area contributed by atoms with Gasteiger partial charge >= 0.3 is 0 Å². The second kappa shape index (κ2) is 7.33. The summed E-state index contributed by atoms with van der Waals surface area (Å²) in [6.07, 6.45) is 0. The van der Waals surface area contributed by atoms with Crippen LogP contribution in [0.15, 0.2) is 54.6 Å². The van der Waals surface area contributed by atoms with Crippen molar-refractivity contribution in [3.05, 3.63) is 60.2 Å². The van der Waals surface area contributed by atoms with Crippen molar-refractivity contribution < 1.29 is 9.53 Å². The van der Waals surface area contributed by atoms with Crippen LogP contribution in [0.1, 0.15) is 10.4 Å². The van der Waals surface area contributed by atoms with E-state index in [4.69, 9.17) is 4.74 Å². The SMILES string of the molecule is COc1ccccc1C(=O)NCCN(C)c1ccccc1. The third-order valence-electron chi connectivity index (χ3n) is 3.28. The topological polar surface area (TPSA) is 41.6 Å². The van der Waals surface area contributed by atoms with E-state index < -0.39 is 0 Å². The Morgan fingerprint density at radius 3 is 2.48 bits per heavy atom. The number of likely N-dealkylation sites (N-methyl/N-ethyl adjacent to an activating group) is 1. The molecule has 0 spiro atoms. The molecule has 0 aliphatic carbocycles. The quantitative estimate of drug-likeness (QED) is 0.886. The first-order valence-corrected chi connectivity index (χ1v) is 6.90. The zero-order valence-corrected chi connectivity index (χ0v) is 12.4. The summed E-state index contributed by atoms with van der Waals surface area (Å²) in [6, 6.07) is 17.3. The van der Waals surface area contributed by atoms with Crippen molar-refractivity contribution in [1.29, 1.82) is 0 Å². The lowest BCUT2D eigenvalue weighted by molar-refractivity contribution is 0.0951. The average Bonchev–Trinajstić information content (AvgIpc) is 2.55. The van der Waals surface area contributed by atoms with Crippen LogP contribution in [0.3, 0.4) is 0 Å². The Morgan fingerprint density at radius 2 is 1.76 bits per heavy atom. The van der Waals surface area contributed by atoms with E-state index in [1.165, 1.54) is 0 Å². The molecule has 0 fully saturated rings. The monoisotopic (exact) mass is 284 g/mol. The van der Waals surface area contributed by atoms with Gasteiger partial charge in [0.05, 0.1) is 12.7 Å². The fourth-order valence-corrected chi connectivity index (χ4v) is 2.08. The number of rotatable bonds is 6. The molecule has 0 bridgehead atoms. The smallest absolute Gasteiger partial charge is 0.255 e. The van der Waals surface area contributed by atoms with Gasteiger partial charge in [-0.25, -0.2) is 0 Å². The van der Waals surface area contributed by atoms with Gasteiger partial charge in [-0.1, -0.05) is 30.3 Å². The summed E-state index contributed by atoms with van der Waals surface area (Å²) in [6.45, 7) is 1.31. The molecule has 2 rings (SSSR count). The summed E-state index contributed by atoms with van der Waals surface area (Å²) < 4.78 is 5.19. The summed E-state index contributed by atoms with van der Waals surface area (Å²) in [7, 11) is 3.57. The van der Waals surface area contributed by atoms with Crippen molar-refractivity contribution in [3.63, 3.8) is 0 Å². The molecular formula is C17H20N2O2. The second-order valence-electron chi connectivity index (χ2n) is 4.71. The predicted molar refractivity (Wildman–Crippen MR) is 85.0 cm³/mol. The van der Waals surface area contributed by atoms with Crippen molar-refractivity contribution in [2.24, 2.45) is 0 Å². The lowest BCUT2D eigenvalue weighted by atomic mass is 10.2. The van der Waals surface area contributed by atoms with Gasteiger partial charge in [-0.2, -0.15) is 0 Å². The molecule has 1 amide bonds. The number of methoxy groups -OCH3 is 1. The zero-order chi connectivity index (χ0) is 15.1. The first-order chi connectivity index (χ1) is 10.2. The van der Waals surface area contributed by atoms with E-state index in [0.29, 0.717) is 17.9 Å². The highest BCUT2D eigenvalue weighted by molar-refractivity contribution is 5.96. The minimum atomic E-state index is -0.117. The Kier molecular flexibility index (Phi) is 5.21. The van der Waals surface area contributed by atoms with Crippen LogP contribution < -0.4 is 15.0 Å². The number of nitrogens with one attached hydrogen (secondary N) is 1. The lowest BCUT2D eigenvalue weighted by Gasteiger charge is -2.19. The van der Waals surface area contributed by atoms with Gasteiger partial charge in [0.25, 0.3) is 5.91 Å². The maximum absolute atomic E-state index is 12.1. The fourth-order valence-electron chi connectivity index (χ4n) is 2.08. The van der Waals surface area contributed by atoms with Gasteiger partial charge in [-0.3, -0.25) is 4.79 Å². The highest BCUT2D eigenvalue weighted by Gasteiger charge is 2.10. The summed E-state index contributed by atoms with van der Waals surface area (Å²) in [5, 5.41) is 2.91. The maximum atomic E-state index is 12.1. The lowest BCUT2D eigenvalue weighted by Crippen LogP contribution is -2.33. The molecule has 0 unspecified atom stereocenters. The van der Waals surface area contributed by atoms with Gasteiger partial charge in [0.2, 0.25) is 0 Å². The van der Waals surface area contributed by atoms with Crippen molar-refractivity contribution in [2.45, 2.75) is 0 Å². The minimum Gasteiger partial charge on any atom is -0.496 e. The highest BCUT2D eigenvalue weighted by Crippen LogP contribution is 2.16. The maximum Gasteiger partial charge on any atom is 0.255 e. The number of hydrogen-bond donors (Lipinski definition) is 1. The van der Waals surface area contributed by atoms with Crippen LogP contribution in [0.5, 0.6) is 5.75 Å². The van der Waals surface area contributed by atoms with E-state index in [0.717, 1.165) is 12.2 Å². The van der Waals surface area contributed by atoms with Crippen LogP contribution in [0, 0.1) is 0 Å². The molecule has 4 nitrogen and oxygen atoms in total. The van der Waals surface area contributed by atoms with E-state index in [9.17, 15) is 4.79 Å². The number of carbonyl (C=O) groups excluding carboxylic acids is 1. The number of hydrogen-bond acceptors (Lipinski definition) is 3. The number of amides is 1. The Bertz CT molecular complexity index is 584. The van der Waals surface area contributed by atoms with E-state index >= 15 is 0 Å². The van der Waals surface area contributed by atoms with Crippen LogP contribution in [0.4, 0.5) is 5.69 Å². The van der Waals surface area contributed by atoms with Gasteiger partial charge in [-0.15, -0.1) is 0 Å². The number of benzene rings is 2. The van der Waals surface area contributed by atoms with E-state index in [2.05, 4.69) is 10.2 Å². The summed E-state index contributed by atoms with van der Waals surface area (Å²) in [4.78, 5) is 14.2. The normalized spacial score (nSPS) is 10.0. The van der Waals surface area contributed by atoms with Crippen molar-refractivity contribution >= 4 is 11.6 Å². The molecule has 1 N–H and O–H groups in total. The molecule has 0 radical (unpaired) electrons. The first kappa shape index (κ1) is 14.9. The molecule has 0 aliphatic heterocycles. The van der Waals surface area contributed by atoms with Crippen molar-refractivity contribution in [1.82, 2.24) is 5.32 Å². The third kappa shape index (κ3) is 3.99. The summed E-state index contributed by atoms with van der Waals surface area (Å²) >= 11 is 0. The van der Waals surface area contributed by atoms with E-state index in [1.807, 2.05) is 49.5 Å². The number of nitrogens with zero attached hydrogens (tertiary/aromatic N) is 1. The summed E-state index contributed by atoms with van der Waals surface area (Å²) in [5.41, 5.74) is 1.69. The molecule has 0 saturated carbocycles. The van der Waals surface area contributed by atoms with Crippen LogP contribution in [-0.4, -0.2) is 33.2 Å². The van der Waals surface area contributed by atoms with E-state index in [1.54, 1.807) is 19.2 Å². The Hall–Kier alpha value is -2.49. The molecule has 0 atom stereocenters. The largest absolute Gasteiger partial charge is 0.496 e. The first-order valence-electron chi connectivity index (χ1n) is 6.90. The number of para-hydroxylation sites is 2. The average molecular weight is 284 g/mol. The molecular weight excluding hydrogens is 264 g/mol. The Labute approximate surface area is 125 Å². The van der Waals surface area contributed by atoms with Gasteiger partial charge in [0.15, 0.2) is 0 Å². The second-order valence-corrected chi connectivity index (χ2v) is 4.71. The molecule has 21 heavy (non-hydrogen) atoms. The number of anilines is 1. The van der Waals surface area contributed by atoms with Gasteiger partial charge in [0, 0.05) is 25.8 Å². The van der Waals surface area contributed by atoms with Crippen LogP contribution in [-0.2, 0) is 0 Å². The highest BCUT2D eigenvalue weighted by atomic mass is 16.5. The zero-order valence-electron chi connectivity index (χ0n) is 12.4.